The summed E-state index contributed by atoms with van der Waals surface area (Å²) in [5.41, 5.74) is 0.236. The summed E-state index contributed by atoms with van der Waals surface area (Å²) >= 11 is 0. The minimum atomic E-state index is -1.50. The Morgan fingerprint density at radius 1 is 1.33 bits per heavy atom. The molecule has 6 heteroatoms. The van der Waals surface area contributed by atoms with E-state index in [1.54, 1.807) is 4.90 Å². The number of carboxylic acid groups (broad SMARTS) is 1. The Labute approximate surface area is 102 Å². The summed E-state index contributed by atoms with van der Waals surface area (Å²) in [4.78, 5) is 12.6. The first kappa shape index (κ1) is 12.9. The molecule has 0 radical (unpaired) electrons. The van der Waals surface area contributed by atoms with Crippen LogP contribution in [0.4, 0.5) is 13.2 Å². The molecule has 1 saturated heterocycles. The minimum absolute atomic E-state index is 0.102. The Balaban J connectivity index is 2.16. The van der Waals surface area contributed by atoms with Crippen LogP contribution in [0.15, 0.2) is 12.1 Å². The van der Waals surface area contributed by atoms with Crippen molar-refractivity contribution in [2.24, 2.45) is 0 Å². The quantitative estimate of drug-likeness (QED) is 0.845. The van der Waals surface area contributed by atoms with E-state index >= 15 is 0 Å². The summed E-state index contributed by atoms with van der Waals surface area (Å²) in [5.74, 6) is -4.96. The molecule has 0 bridgehead atoms. The number of benzene rings is 1. The van der Waals surface area contributed by atoms with Crippen molar-refractivity contribution in [3.8, 4) is 0 Å². The maximum atomic E-state index is 13.0. The minimum Gasteiger partial charge on any atom is -0.480 e. The van der Waals surface area contributed by atoms with Crippen LogP contribution in [-0.2, 0) is 11.3 Å². The van der Waals surface area contributed by atoms with Crippen molar-refractivity contribution >= 4 is 5.97 Å². The predicted molar refractivity (Wildman–Crippen MR) is 57.4 cm³/mol. The third-order valence-electron chi connectivity index (χ3n) is 3.08. The number of likely N-dealkylation sites (tertiary alicyclic amines) is 1. The average molecular weight is 259 g/mol. The molecule has 0 spiro atoms. The molecular formula is C12H12F3NO2. The molecule has 1 aliphatic heterocycles. The van der Waals surface area contributed by atoms with Gasteiger partial charge in [0.05, 0.1) is 0 Å². The molecule has 3 nitrogen and oxygen atoms in total. The normalized spacial score (nSPS) is 20.3. The van der Waals surface area contributed by atoms with E-state index in [9.17, 15) is 18.0 Å². The van der Waals surface area contributed by atoms with E-state index in [2.05, 4.69) is 0 Å². The van der Waals surface area contributed by atoms with Gasteiger partial charge in [0.1, 0.15) is 6.04 Å². The molecule has 0 aliphatic carbocycles. The summed E-state index contributed by atoms with van der Waals surface area (Å²) in [6.07, 6.45) is 1.24. The van der Waals surface area contributed by atoms with E-state index in [-0.39, 0.29) is 12.1 Å². The molecule has 1 fully saturated rings. The van der Waals surface area contributed by atoms with Crippen LogP contribution >= 0.6 is 0 Å². The molecule has 1 heterocycles. The van der Waals surface area contributed by atoms with Crippen LogP contribution in [0.25, 0.3) is 0 Å². The summed E-state index contributed by atoms with van der Waals surface area (Å²) in [6, 6.07) is 1.16. The Bertz CT molecular complexity index is 455. The van der Waals surface area contributed by atoms with E-state index < -0.39 is 29.5 Å². The zero-order valence-corrected chi connectivity index (χ0v) is 9.50. The fraction of sp³-hybridized carbons (Fsp3) is 0.417. The van der Waals surface area contributed by atoms with Crippen molar-refractivity contribution in [1.82, 2.24) is 4.90 Å². The molecule has 1 N–H and O–H groups in total. The van der Waals surface area contributed by atoms with Crippen molar-refractivity contribution < 1.29 is 23.1 Å². The lowest BCUT2D eigenvalue weighted by molar-refractivity contribution is -0.142. The first-order valence-corrected chi connectivity index (χ1v) is 5.59. The molecule has 0 saturated carbocycles. The van der Waals surface area contributed by atoms with E-state index in [1.807, 2.05) is 0 Å². The zero-order valence-electron chi connectivity index (χ0n) is 9.50. The number of carboxylic acids is 1. The molecule has 1 aromatic carbocycles. The summed E-state index contributed by atoms with van der Waals surface area (Å²) in [7, 11) is 0. The van der Waals surface area contributed by atoms with Crippen molar-refractivity contribution in [3.63, 3.8) is 0 Å². The second kappa shape index (κ2) is 4.97. The average Bonchev–Trinajstić information content (AvgIpc) is 2.74. The Morgan fingerprint density at radius 2 is 1.94 bits per heavy atom. The molecule has 98 valence electrons. The van der Waals surface area contributed by atoms with Crippen molar-refractivity contribution in [2.75, 3.05) is 6.54 Å². The van der Waals surface area contributed by atoms with Gasteiger partial charge in [-0.15, -0.1) is 0 Å². The van der Waals surface area contributed by atoms with E-state index in [0.717, 1.165) is 18.6 Å². The molecule has 1 aliphatic rings. The van der Waals surface area contributed by atoms with Gasteiger partial charge in [-0.1, -0.05) is 0 Å². The Morgan fingerprint density at radius 3 is 2.50 bits per heavy atom. The highest BCUT2D eigenvalue weighted by Crippen LogP contribution is 2.22. The first-order valence-electron chi connectivity index (χ1n) is 5.59. The Kier molecular flexibility index (Phi) is 3.56. The van der Waals surface area contributed by atoms with E-state index in [1.165, 1.54) is 0 Å². The van der Waals surface area contributed by atoms with Crippen LogP contribution in [-0.4, -0.2) is 28.6 Å². The lowest BCUT2D eigenvalue weighted by Gasteiger charge is -2.21. The van der Waals surface area contributed by atoms with Gasteiger partial charge in [-0.05, 0) is 37.1 Å². The largest absolute Gasteiger partial charge is 0.480 e. The second-order valence-electron chi connectivity index (χ2n) is 4.34. The standard InChI is InChI=1S/C12H12F3NO2/c13-8-4-7(5-9(14)11(8)15)6-16-3-1-2-10(16)12(17)18/h4-5,10H,1-3,6H2,(H,17,18). The predicted octanol–water partition coefficient (Wildman–Crippen LogP) is 2.15. The van der Waals surface area contributed by atoms with Crippen molar-refractivity contribution in [3.05, 3.63) is 35.1 Å². The number of carbonyl (C=O) groups is 1. The highest BCUT2D eigenvalue weighted by molar-refractivity contribution is 5.73. The fourth-order valence-corrected chi connectivity index (χ4v) is 2.23. The molecular weight excluding hydrogens is 247 g/mol. The van der Waals surface area contributed by atoms with Crippen LogP contribution in [0.5, 0.6) is 0 Å². The van der Waals surface area contributed by atoms with Crippen LogP contribution in [0.1, 0.15) is 18.4 Å². The number of hydrogen-bond acceptors (Lipinski definition) is 2. The molecule has 1 unspecified atom stereocenters. The SMILES string of the molecule is O=C(O)C1CCCN1Cc1cc(F)c(F)c(F)c1. The molecule has 1 atom stereocenters. The second-order valence-corrected chi connectivity index (χ2v) is 4.34. The highest BCUT2D eigenvalue weighted by atomic mass is 19.2. The van der Waals surface area contributed by atoms with Crippen molar-refractivity contribution in [2.45, 2.75) is 25.4 Å². The molecule has 18 heavy (non-hydrogen) atoms. The van der Waals surface area contributed by atoms with Crippen LogP contribution in [0.3, 0.4) is 0 Å². The third-order valence-corrected chi connectivity index (χ3v) is 3.08. The van der Waals surface area contributed by atoms with E-state index in [0.29, 0.717) is 13.0 Å². The van der Waals surface area contributed by atoms with Gasteiger partial charge in [0.25, 0.3) is 0 Å². The van der Waals surface area contributed by atoms with Gasteiger partial charge in [0.2, 0.25) is 0 Å². The lowest BCUT2D eigenvalue weighted by atomic mass is 10.1. The molecule has 1 aromatic rings. The Hall–Kier alpha value is -1.56. The molecule has 2 rings (SSSR count). The third kappa shape index (κ3) is 2.48. The maximum Gasteiger partial charge on any atom is 0.320 e. The molecule has 0 amide bonds. The fourth-order valence-electron chi connectivity index (χ4n) is 2.23. The lowest BCUT2D eigenvalue weighted by Crippen LogP contribution is -2.35. The van der Waals surface area contributed by atoms with Gasteiger partial charge in [0.15, 0.2) is 17.5 Å². The number of rotatable bonds is 3. The number of aliphatic carboxylic acids is 1. The van der Waals surface area contributed by atoms with Gasteiger partial charge in [-0.2, -0.15) is 0 Å². The number of halogens is 3. The summed E-state index contributed by atoms with van der Waals surface area (Å²) in [5, 5.41) is 8.97. The van der Waals surface area contributed by atoms with Gasteiger partial charge in [-0.25, -0.2) is 13.2 Å². The summed E-state index contributed by atoms with van der Waals surface area (Å²) < 4.78 is 38.8. The van der Waals surface area contributed by atoms with Gasteiger partial charge < -0.3 is 5.11 Å². The van der Waals surface area contributed by atoms with Crippen LogP contribution < -0.4 is 0 Å². The molecule has 0 aromatic heterocycles. The monoisotopic (exact) mass is 259 g/mol. The zero-order chi connectivity index (χ0) is 13.3. The number of nitrogens with zero attached hydrogens (tertiary/aromatic N) is 1. The maximum absolute atomic E-state index is 13.0. The van der Waals surface area contributed by atoms with Crippen molar-refractivity contribution in [1.29, 1.82) is 0 Å². The smallest absolute Gasteiger partial charge is 0.320 e. The topological polar surface area (TPSA) is 40.5 Å². The highest BCUT2D eigenvalue weighted by Gasteiger charge is 2.30. The van der Waals surface area contributed by atoms with Crippen LogP contribution in [0, 0.1) is 17.5 Å². The number of hydrogen-bond donors (Lipinski definition) is 1. The first-order chi connectivity index (χ1) is 8.49. The van der Waals surface area contributed by atoms with E-state index in [4.69, 9.17) is 5.11 Å². The summed E-state index contributed by atoms with van der Waals surface area (Å²) in [6.45, 7) is 0.655. The van der Waals surface area contributed by atoms with Crippen LogP contribution in [0.2, 0.25) is 0 Å². The van der Waals surface area contributed by atoms with Gasteiger partial charge >= 0.3 is 5.97 Å². The van der Waals surface area contributed by atoms with Gasteiger partial charge in [0, 0.05) is 6.54 Å². The van der Waals surface area contributed by atoms with Gasteiger partial charge in [-0.3, -0.25) is 9.69 Å².